The third-order valence-corrected chi connectivity index (χ3v) is 7.92. The van der Waals surface area contributed by atoms with Gasteiger partial charge < -0.3 is 9.80 Å². The maximum absolute atomic E-state index is 13.1. The molecule has 1 saturated heterocycles. The van der Waals surface area contributed by atoms with Gasteiger partial charge >= 0.3 is 6.18 Å². The van der Waals surface area contributed by atoms with E-state index in [1.807, 2.05) is 25.3 Å². The number of Topliss-reactive ketones (excluding diaryl/α,β-unsaturated/α-hetero) is 1. The van der Waals surface area contributed by atoms with E-state index in [1.165, 1.54) is 6.20 Å². The summed E-state index contributed by atoms with van der Waals surface area (Å²) in [5.74, 6) is -0.534. The fourth-order valence-electron chi connectivity index (χ4n) is 5.33. The first kappa shape index (κ1) is 29.4. The number of anilines is 1. The molecule has 4 heterocycles. The highest BCUT2D eigenvalue weighted by Crippen LogP contribution is 2.30. The molecule has 0 unspecified atom stereocenters. The number of carbonyl (C=O) groups is 1. The van der Waals surface area contributed by atoms with E-state index in [0.717, 1.165) is 55.5 Å². The molecular weight excluding hydrogens is 543 g/mol. The molecule has 42 heavy (non-hydrogen) atoms. The molecule has 4 aromatic rings. The summed E-state index contributed by atoms with van der Waals surface area (Å²) in [6.07, 6.45) is 1.86. The highest BCUT2D eigenvalue weighted by Gasteiger charge is 2.31. The average molecular weight is 578 g/mol. The van der Waals surface area contributed by atoms with Gasteiger partial charge in [-0.25, -0.2) is 4.68 Å². The molecule has 5 rings (SSSR count). The van der Waals surface area contributed by atoms with Crippen LogP contribution in [0.4, 0.5) is 18.9 Å². The third-order valence-electron chi connectivity index (χ3n) is 7.92. The second-order valence-corrected chi connectivity index (χ2v) is 11.0. The first-order valence-electron chi connectivity index (χ1n) is 14.0. The molecule has 11 heteroatoms. The Kier molecular flexibility index (Phi) is 8.40. The van der Waals surface area contributed by atoms with E-state index in [0.29, 0.717) is 34.7 Å². The quantitative estimate of drug-likeness (QED) is 0.246. The number of carbonyl (C=O) groups excluding carboxylic acids is 1. The van der Waals surface area contributed by atoms with Gasteiger partial charge in [-0.2, -0.15) is 13.2 Å². The third kappa shape index (κ3) is 6.51. The van der Waals surface area contributed by atoms with E-state index in [9.17, 15) is 18.0 Å². The van der Waals surface area contributed by atoms with Crippen LogP contribution in [0.25, 0.3) is 16.9 Å². The van der Waals surface area contributed by atoms with Crippen molar-refractivity contribution >= 4 is 11.5 Å². The molecule has 0 spiro atoms. The number of hydrogen-bond donors (Lipinski definition) is 0. The Morgan fingerprint density at radius 1 is 1.10 bits per heavy atom. The van der Waals surface area contributed by atoms with Gasteiger partial charge in [-0.3, -0.25) is 14.8 Å². The van der Waals surface area contributed by atoms with Crippen LogP contribution in [0.3, 0.4) is 0 Å². The predicted molar refractivity (Wildman–Crippen MR) is 155 cm³/mol. The maximum atomic E-state index is 13.1. The first-order chi connectivity index (χ1) is 20.0. The first-order valence-corrected chi connectivity index (χ1v) is 14.0. The Morgan fingerprint density at radius 2 is 1.86 bits per heavy atom. The van der Waals surface area contributed by atoms with Crippen molar-refractivity contribution in [3.8, 4) is 16.9 Å². The number of aryl methyl sites for hydroxylation is 1. The van der Waals surface area contributed by atoms with Crippen molar-refractivity contribution in [1.82, 2.24) is 29.9 Å². The van der Waals surface area contributed by atoms with Crippen LogP contribution in [-0.2, 0) is 12.6 Å². The van der Waals surface area contributed by atoms with Crippen molar-refractivity contribution in [3.63, 3.8) is 0 Å². The Hall–Kier alpha value is -4.12. The van der Waals surface area contributed by atoms with Crippen molar-refractivity contribution in [3.05, 3.63) is 83.6 Å². The Morgan fingerprint density at radius 3 is 2.57 bits per heavy atom. The fraction of sp³-hybridized carbons (Fsp3) is 0.387. The molecule has 0 atom stereocenters. The summed E-state index contributed by atoms with van der Waals surface area (Å²) >= 11 is 0. The summed E-state index contributed by atoms with van der Waals surface area (Å²) in [6, 6.07) is 12.6. The molecule has 0 amide bonds. The predicted octanol–water partition coefficient (Wildman–Crippen LogP) is 5.79. The van der Waals surface area contributed by atoms with Gasteiger partial charge in [0, 0.05) is 62.3 Å². The van der Waals surface area contributed by atoms with Crippen molar-refractivity contribution in [1.29, 1.82) is 0 Å². The summed E-state index contributed by atoms with van der Waals surface area (Å²) in [6.45, 7) is 8.49. The standard InChI is InChI=1S/C31H34F3N7O/c1-20(2)40-12-9-25(10-13-40)39(4)26-7-5-6-23(16-26)28-19-41(38-37-28)29-14-22(18-36-21(29)3)15-30(42)27-17-24(8-11-35-27)31(32,33)34/h5-8,11,14,16-20,25H,9-10,12-13,15H2,1-4H3. The molecule has 3 aromatic heterocycles. The molecule has 0 saturated carbocycles. The van der Waals surface area contributed by atoms with Crippen LogP contribution < -0.4 is 4.90 Å². The summed E-state index contributed by atoms with van der Waals surface area (Å²) in [5, 5.41) is 8.71. The molecule has 220 valence electrons. The van der Waals surface area contributed by atoms with Crippen LogP contribution in [0.2, 0.25) is 0 Å². The Bertz CT molecular complexity index is 1560. The van der Waals surface area contributed by atoms with E-state index in [2.05, 4.69) is 63.1 Å². The molecule has 1 aliphatic heterocycles. The number of hydrogen-bond acceptors (Lipinski definition) is 7. The number of likely N-dealkylation sites (tertiary alicyclic amines) is 1. The van der Waals surface area contributed by atoms with Crippen molar-refractivity contribution in [2.45, 2.75) is 58.3 Å². The number of ketones is 1. The van der Waals surface area contributed by atoms with E-state index >= 15 is 0 Å². The van der Waals surface area contributed by atoms with Crippen LogP contribution in [-0.4, -0.2) is 67.9 Å². The van der Waals surface area contributed by atoms with E-state index in [4.69, 9.17) is 0 Å². The van der Waals surface area contributed by atoms with E-state index in [1.54, 1.807) is 10.7 Å². The summed E-state index contributed by atoms with van der Waals surface area (Å²) < 4.78 is 40.9. The average Bonchev–Trinajstić information content (AvgIpc) is 3.48. The van der Waals surface area contributed by atoms with E-state index in [-0.39, 0.29) is 12.1 Å². The monoisotopic (exact) mass is 577 g/mol. The number of piperidine rings is 1. The number of nitrogens with zero attached hydrogens (tertiary/aromatic N) is 7. The SMILES string of the molecule is Cc1ncc(CC(=O)c2cc(C(F)(F)F)ccn2)cc1-n1cc(-c2cccc(N(C)C3CCN(C(C)C)CC3)c2)nn1. The molecule has 0 aliphatic carbocycles. The van der Waals surface area contributed by atoms with Crippen molar-refractivity contribution in [2.24, 2.45) is 0 Å². The number of halogens is 3. The molecule has 0 radical (unpaired) electrons. The van der Waals surface area contributed by atoms with Crippen molar-refractivity contribution < 1.29 is 18.0 Å². The molecule has 0 N–H and O–H groups in total. The summed E-state index contributed by atoms with van der Waals surface area (Å²) in [4.78, 5) is 25.9. The smallest absolute Gasteiger partial charge is 0.371 e. The van der Waals surface area contributed by atoms with E-state index < -0.39 is 17.5 Å². The second-order valence-electron chi connectivity index (χ2n) is 11.0. The number of benzene rings is 1. The molecular formula is C31H34F3N7O. The lowest BCUT2D eigenvalue weighted by Crippen LogP contribution is -2.45. The molecule has 1 fully saturated rings. The maximum Gasteiger partial charge on any atom is 0.416 e. The van der Waals surface area contributed by atoms with Crippen LogP contribution in [0.5, 0.6) is 0 Å². The lowest BCUT2D eigenvalue weighted by Gasteiger charge is -2.39. The number of rotatable bonds is 8. The zero-order valence-electron chi connectivity index (χ0n) is 24.1. The van der Waals surface area contributed by atoms with Crippen LogP contribution in [0.15, 0.2) is 61.1 Å². The number of pyridine rings is 2. The normalized spacial score (nSPS) is 14.9. The van der Waals surface area contributed by atoms with Crippen LogP contribution >= 0.6 is 0 Å². The lowest BCUT2D eigenvalue weighted by molar-refractivity contribution is -0.137. The largest absolute Gasteiger partial charge is 0.416 e. The molecule has 0 bridgehead atoms. The van der Waals surface area contributed by atoms with Gasteiger partial charge in [-0.15, -0.1) is 5.10 Å². The minimum absolute atomic E-state index is 0.152. The number of alkyl halides is 3. The van der Waals surface area contributed by atoms with Gasteiger partial charge in [-0.1, -0.05) is 17.3 Å². The zero-order chi connectivity index (χ0) is 30.0. The van der Waals surface area contributed by atoms with Gasteiger partial charge in [-0.05, 0) is 69.5 Å². The minimum atomic E-state index is -4.55. The molecule has 1 aliphatic rings. The topological polar surface area (TPSA) is 80.0 Å². The zero-order valence-corrected chi connectivity index (χ0v) is 24.1. The Labute approximate surface area is 243 Å². The molecule has 8 nitrogen and oxygen atoms in total. The second kappa shape index (κ2) is 12.0. The van der Waals surface area contributed by atoms with Crippen molar-refractivity contribution in [2.75, 3.05) is 25.0 Å². The van der Waals surface area contributed by atoms with Crippen LogP contribution in [0, 0.1) is 6.92 Å². The van der Waals surface area contributed by atoms with Gasteiger partial charge in [0.05, 0.1) is 23.1 Å². The summed E-state index contributed by atoms with van der Waals surface area (Å²) in [7, 11) is 2.14. The number of aromatic nitrogens is 5. The fourth-order valence-corrected chi connectivity index (χ4v) is 5.33. The van der Waals surface area contributed by atoms with Gasteiger partial charge in [0.1, 0.15) is 11.4 Å². The molecule has 1 aromatic carbocycles. The van der Waals surface area contributed by atoms with Gasteiger partial charge in [0.25, 0.3) is 0 Å². The highest BCUT2D eigenvalue weighted by molar-refractivity contribution is 5.95. The summed E-state index contributed by atoms with van der Waals surface area (Å²) in [5.41, 5.74) is 3.40. The minimum Gasteiger partial charge on any atom is -0.371 e. The van der Waals surface area contributed by atoms with Crippen LogP contribution in [0.1, 0.15) is 54.0 Å². The van der Waals surface area contributed by atoms with Gasteiger partial charge in [0.2, 0.25) is 0 Å². The highest BCUT2D eigenvalue weighted by atomic mass is 19.4. The Balaban J connectivity index is 1.32. The van der Waals surface area contributed by atoms with Gasteiger partial charge in [0.15, 0.2) is 5.78 Å². The lowest BCUT2D eigenvalue weighted by atomic mass is 10.0.